The number of rotatable bonds is 18. The second-order valence-electron chi connectivity index (χ2n) is 10.1. The van der Waals surface area contributed by atoms with Gasteiger partial charge in [-0.15, -0.1) is 0 Å². The summed E-state index contributed by atoms with van der Waals surface area (Å²) in [6.45, 7) is 4.53. The first-order valence-electron chi connectivity index (χ1n) is 14.5. The topological polar surface area (TPSA) is 35.0 Å². The van der Waals surface area contributed by atoms with Crippen molar-refractivity contribution >= 4 is 0 Å². The molecule has 0 saturated carbocycles. The van der Waals surface area contributed by atoms with Crippen LogP contribution in [0.25, 0.3) is 22.5 Å². The predicted octanol–water partition coefficient (Wildman–Crippen LogP) is 9.79. The summed E-state index contributed by atoms with van der Waals surface area (Å²) in [5.74, 6) is 1.35. The van der Waals surface area contributed by atoms with Crippen LogP contribution in [-0.2, 0) is 6.42 Å². The molecular weight excluding hydrogens is 459 g/mol. The third-order valence-electron chi connectivity index (χ3n) is 6.92. The van der Waals surface area contributed by atoms with Crippen LogP contribution in [0.5, 0.6) is 5.75 Å². The van der Waals surface area contributed by atoms with Gasteiger partial charge in [-0.05, 0) is 54.7 Å². The number of aromatic nitrogens is 2. The third-order valence-corrected chi connectivity index (χ3v) is 6.92. The highest BCUT2D eigenvalue weighted by Gasteiger charge is 2.08. The molecule has 0 aliphatic heterocycles. The van der Waals surface area contributed by atoms with E-state index in [1.165, 1.54) is 63.4 Å². The molecule has 0 bridgehead atoms. The molecule has 3 aromatic rings. The van der Waals surface area contributed by atoms with Gasteiger partial charge in [0.05, 0.1) is 0 Å². The van der Waals surface area contributed by atoms with E-state index in [4.69, 9.17) is 4.74 Å². The molecule has 0 radical (unpaired) electrons. The Hall–Kier alpha value is -2.75. The largest absolute Gasteiger partial charge is 0.491 e. The summed E-state index contributed by atoms with van der Waals surface area (Å²) in [5.41, 5.74) is 4.46. The van der Waals surface area contributed by atoms with Gasteiger partial charge in [0, 0.05) is 23.5 Å². The first-order valence-corrected chi connectivity index (χ1v) is 14.5. The van der Waals surface area contributed by atoms with Gasteiger partial charge in [0.15, 0.2) is 5.82 Å². The fourth-order valence-electron chi connectivity index (χ4n) is 4.54. The van der Waals surface area contributed by atoms with Crippen LogP contribution in [0.15, 0.2) is 60.9 Å². The number of unbranched alkanes of at least 4 members (excludes halogenated alkanes) is 9. The van der Waals surface area contributed by atoms with E-state index < -0.39 is 6.17 Å². The average Bonchev–Trinajstić information content (AvgIpc) is 2.94. The van der Waals surface area contributed by atoms with Crippen LogP contribution in [0.3, 0.4) is 0 Å². The third kappa shape index (κ3) is 10.6. The monoisotopic (exact) mass is 504 g/mol. The summed E-state index contributed by atoms with van der Waals surface area (Å²) < 4.78 is 19.7. The van der Waals surface area contributed by atoms with E-state index in [1.807, 2.05) is 36.7 Å². The summed E-state index contributed by atoms with van der Waals surface area (Å²) in [6, 6.07) is 16.4. The van der Waals surface area contributed by atoms with E-state index in [-0.39, 0.29) is 6.61 Å². The molecule has 37 heavy (non-hydrogen) atoms. The van der Waals surface area contributed by atoms with Crippen molar-refractivity contribution in [2.75, 3.05) is 6.61 Å². The maximum atomic E-state index is 14.0. The van der Waals surface area contributed by atoms with Gasteiger partial charge in [0.2, 0.25) is 0 Å². The zero-order chi connectivity index (χ0) is 26.1. The maximum absolute atomic E-state index is 14.0. The summed E-state index contributed by atoms with van der Waals surface area (Å²) >= 11 is 0. The van der Waals surface area contributed by atoms with E-state index in [0.29, 0.717) is 18.0 Å². The van der Waals surface area contributed by atoms with Gasteiger partial charge in [-0.2, -0.15) is 0 Å². The summed E-state index contributed by atoms with van der Waals surface area (Å²) in [7, 11) is 0. The number of hydrogen-bond acceptors (Lipinski definition) is 3. The van der Waals surface area contributed by atoms with E-state index in [0.717, 1.165) is 36.0 Å². The molecule has 0 amide bonds. The number of ether oxygens (including phenoxy) is 1. The lowest BCUT2D eigenvalue weighted by Crippen LogP contribution is -2.12. The second kappa shape index (κ2) is 16.9. The predicted molar refractivity (Wildman–Crippen MR) is 154 cm³/mol. The Bertz CT molecular complexity index is 986. The molecule has 0 saturated heterocycles. The van der Waals surface area contributed by atoms with Gasteiger partial charge >= 0.3 is 0 Å². The Morgan fingerprint density at radius 2 is 1.22 bits per heavy atom. The molecule has 1 aromatic heterocycles. The minimum Gasteiger partial charge on any atom is -0.491 e. The second-order valence-corrected chi connectivity index (χ2v) is 10.1. The summed E-state index contributed by atoms with van der Waals surface area (Å²) in [5, 5.41) is 0. The van der Waals surface area contributed by atoms with Crippen LogP contribution in [-0.4, -0.2) is 22.7 Å². The van der Waals surface area contributed by atoms with E-state index in [1.54, 1.807) is 0 Å². The van der Waals surface area contributed by atoms with E-state index in [2.05, 4.69) is 48.1 Å². The van der Waals surface area contributed by atoms with Crippen molar-refractivity contribution in [1.82, 2.24) is 9.97 Å². The molecule has 0 aliphatic rings. The van der Waals surface area contributed by atoms with Crippen LogP contribution in [0.1, 0.15) is 96.5 Å². The van der Waals surface area contributed by atoms with E-state index >= 15 is 0 Å². The number of aryl methyl sites for hydroxylation is 1. The molecule has 1 atom stereocenters. The smallest absolute Gasteiger partial charge is 0.159 e. The van der Waals surface area contributed by atoms with E-state index in [9.17, 15) is 4.39 Å². The normalized spacial score (nSPS) is 12.0. The molecule has 0 N–H and O–H groups in total. The fourth-order valence-corrected chi connectivity index (χ4v) is 4.54. The van der Waals surface area contributed by atoms with Gasteiger partial charge in [0.1, 0.15) is 18.5 Å². The average molecular weight is 505 g/mol. The molecule has 1 heterocycles. The minimum atomic E-state index is -0.915. The fraction of sp³-hybridized carbons (Fsp3) is 0.515. The van der Waals surface area contributed by atoms with Crippen molar-refractivity contribution in [3.63, 3.8) is 0 Å². The number of hydrogen-bond donors (Lipinski definition) is 0. The van der Waals surface area contributed by atoms with Crippen molar-refractivity contribution < 1.29 is 9.13 Å². The Morgan fingerprint density at radius 1 is 0.649 bits per heavy atom. The molecule has 1 unspecified atom stereocenters. The quantitative estimate of drug-likeness (QED) is 0.162. The Labute approximate surface area is 223 Å². The van der Waals surface area contributed by atoms with Gasteiger partial charge in [-0.3, -0.25) is 0 Å². The van der Waals surface area contributed by atoms with Crippen molar-refractivity contribution in [3.05, 3.63) is 66.5 Å². The SMILES string of the molecule is CCCCCCCCCc1ccc(-c2cnc(-c3ccc(OCC(F)CCCCCC)cc3)nc2)cc1. The van der Waals surface area contributed by atoms with Crippen molar-refractivity contribution in [2.45, 2.75) is 103 Å². The van der Waals surface area contributed by atoms with Crippen LogP contribution in [0, 0.1) is 0 Å². The number of alkyl halides is 1. The molecule has 200 valence electrons. The van der Waals surface area contributed by atoms with Gasteiger partial charge in [-0.25, -0.2) is 14.4 Å². The Kier molecular flexibility index (Phi) is 13.2. The molecular formula is C33H45FN2O. The highest BCUT2D eigenvalue weighted by molar-refractivity contribution is 5.64. The van der Waals surface area contributed by atoms with Gasteiger partial charge in [-0.1, -0.05) is 102 Å². The first-order chi connectivity index (χ1) is 18.2. The maximum Gasteiger partial charge on any atom is 0.159 e. The van der Waals surface area contributed by atoms with Crippen LogP contribution in [0.2, 0.25) is 0 Å². The lowest BCUT2D eigenvalue weighted by molar-refractivity contribution is 0.184. The zero-order valence-electron chi connectivity index (χ0n) is 22.9. The molecule has 4 heteroatoms. The lowest BCUT2D eigenvalue weighted by Gasteiger charge is -2.11. The zero-order valence-corrected chi connectivity index (χ0v) is 22.9. The molecule has 0 spiro atoms. The molecule has 0 fully saturated rings. The standard InChI is InChI=1S/C33H45FN2O/c1-3-5-7-9-10-11-12-14-27-16-18-28(19-17-27)30-24-35-33(36-25-30)29-20-22-32(23-21-29)37-26-31(34)15-13-8-6-4-2/h16-25,31H,3-15,26H2,1-2H3. The van der Waals surface area contributed by atoms with Crippen LogP contribution < -0.4 is 4.74 Å². The van der Waals surface area contributed by atoms with Crippen LogP contribution in [0.4, 0.5) is 4.39 Å². The molecule has 2 aromatic carbocycles. The Balaban J connectivity index is 1.43. The molecule has 0 aliphatic carbocycles. The first kappa shape index (κ1) is 28.8. The van der Waals surface area contributed by atoms with Gasteiger partial charge in [0.25, 0.3) is 0 Å². The van der Waals surface area contributed by atoms with Crippen LogP contribution >= 0.6 is 0 Å². The van der Waals surface area contributed by atoms with Crippen molar-refractivity contribution in [1.29, 1.82) is 0 Å². The number of nitrogens with zero attached hydrogens (tertiary/aromatic N) is 2. The molecule has 3 nitrogen and oxygen atoms in total. The summed E-state index contributed by atoms with van der Waals surface area (Å²) in [6.07, 6.45) is 18.3. The van der Waals surface area contributed by atoms with Crippen molar-refractivity contribution in [3.8, 4) is 28.3 Å². The Morgan fingerprint density at radius 3 is 1.86 bits per heavy atom. The highest BCUT2D eigenvalue weighted by atomic mass is 19.1. The number of halogens is 1. The van der Waals surface area contributed by atoms with Gasteiger partial charge < -0.3 is 4.74 Å². The summed E-state index contributed by atoms with van der Waals surface area (Å²) in [4.78, 5) is 9.16. The lowest BCUT2D eigenvalue weighted by atomic mass is 10.0. The minimum absolute atomic E-state index is 0.106. The number of benzene rings is 2. The van der Waals surface area contributed by atoms with Crippen molar-refractivity contribution in [2.24, 2.45) is 0 Å². The highest BCUT2D eigenvalue weighted by Crippen LogP contribution is 2.23. The molecule has 3 rings (SSSR count).